The molecule has 1 atom stereocenters. The topological polar surface area (TPSA) is 118 Å². The molecule has 1 aromatic rings. The molecule has 0 aliphatic rings. The maximum Gasteiger partial charge on any atom is 0.408 e. The second kappa shape index (κ2) is 9.22. The number of hydrogen-bond donors (Lipinski definition) is 3. The Kier molecular flexibility index (Phi) is 7.63. The molecule has 0 saturated heterocycles. The number of carbonyl (C=O) groups excluding carboxylic acids is 2. The van der Waals surface area contributed by atoms with E-state index in [1.807, 2.05) is 0 Å². The highest BCUT2D eigenvalue weighted by Crippen LogP contribution is 2.12. The Balaban J connectivity index is 2.51. The average molecular weight is 354 g/mol. The van der Waals surface area contributed by atoms with Crippen molar-refractivity contribution in [2.45, 2.75) is 64.8 Å². The van der Waals surface area contributed by atoms with E-state index in [-0.39, 0.29) is 13.0 Å². The van der Waals surface area contributed by atoms with Crippen LogP contribution in [0, 0.1) is 0 Å². The van der Waals surface area contributed by atoms with Gasteiger partial charge in [0.1, 0.15) is 11.6 Å². The average Bonchev–Trinajstić information content (AvgIpc) is 2.90. The van der Waals surface area contributed by atoms with E-state index in [1.54, 1.807) is 37.5 Å². The number of amides is 1. The molecule has 0 radical (unpaired) electrons. The molecule has 3 N–H and O–H groups in total. The molecule has 8 heteroatoms. The summed E-state index contributed by atoms with van der Waals surface area (Å²) in [4.78, 5) is 33.9. The molecular weight excluding hydrogens is 328 g/mol. The van der Waals surface area contributed by atoms with Gasteiger partial charge in [-0.15, -0.1) is 0 Å². The molecule has 0 aliphatic heterocycles. The number of aldehydes is 1. The van der Waals surface area contributed by atoms with Crippen molar-refractivity contribution in [1.82, 2.24) is 9.88 Å². The van der Waals surface area contributed by atoms with Gasteiger partial charge >= 0.3 is 12.1 Å². The van der Waals surface area contributed by atoms with E-state index in [9.17, 15) is 24.6 Å². The van der Waals surface area contributed by atoms with Crippen LogP contribution in [0.1, 0.15) is 56.2 Å². The lowest BCUT2D eigenvalue weighted by Gasteiger charge is -2.22. The number of rotatable bonds is 9. The van der Waals surface area contributed by atoms with Crippen molar-refractivity contribution in [2.24, 2.45) is 0 Å². The molecule has 0 aromatic carbocycles. The van der Waals surface area contributed by atoms with Gasteiger partial charge in [-0.1, -0.05) is 0 Å². The van der Waals surface area contributed by atoms with Gasteiger partial charge in [-0.05, 0) is 52.2 Å². The van der Waals surface area contributed by atoms with Crippen molar-refractivity contribution < 1.29 is 29.3 Å². The molecule has 1 aromatic heterocycles. The zero-order chi connectivity index (χ0) is 19.0. The minimum atomic E-state index is -1.13. The molecule has 140 valence electrons. The third-order valence-corrected chi connectivity index (χ3v) is 3.50. The monoisotopic (exact) mass is 354 g/mol. The second-order valence-electron chi connectivity index (χ2n) is 6.71. The largest absolute Gasteiger partial charge is 0.480 e. The maximum absolute atomic E-state index is 11.7. The number of carboxylic acids is 1. The normalized spacial score (nSPS) is 12.5. The van der Waals surface area contributed by atoms with Gasteiger partial charge < -0.3 is 24.8 Å². The number of unbranched alkanes of at least 4 members (excludes halogenated alkanes) is 1. The van der Waals surface area contributed by atoms with Crippen LogP contribution in [0.15, 0.2) is 12.1 Å². The van der Waals surface area contributed by atoms with E-state index < -0.39 is 23.7 Å². The Bertz CT molecular complexity index is 603. The summed E-state index contributed by atoms with van der Waals surface area (Å²) in [6, 6.07) is 2.26. The zero-order valence-electron chi connectivity index (χ0n) is 14.8. The number of nitrogens with zero attached hydrogens (tertiary/aromatic N) is 1. The molecule has 0 spiro atoms. The molecule has 1 rings (SSSR count). The Morgan fingerprint density at radius 3 is 2.52 bits per heavy atom. The Morgan fingerprint density at radius 2 is 2.00 bits per heavy atom. The van der Waals surface area contributed by atoms with Crippen LogP contribution in [0.25, 0.3) is 0 Å². The number of hydrogen-bond acceptors (Lipinski definition) is 5. The van der Waals surface area contributed by atoms with Crippen molar-refractivity contribution >= 4 is 18.3 Å². The number of aliphatic carboxylic acids is 1. The number of aromatic nitrogens is 1. The third-order valence-electron chi connectivity index (χ3n) is 3.50. The first-order chi connectivity index (χ1) is 11.7. The predicted molar refractivity (Wildman–Crippen MR) is 90.4 cm³/mol. The highest BCUT2D eigenvalue weighted by atomic mass is 16.6. The molecule has 25 heavy (non-hydrogen) atoms. The smallest absolute Gasteiger partial charge is 0.408 e. The van der Waals surface area contributed by atoms with Gasteiger partial charge in [-0.2, -0.15) is 0 Å². The zero-order valence-corrected chi connectivity index (χ0v) is 14.8. The lowest BCUT2D eigenvalue weighted by molar-refractivity contribution is -0.139. The first kappa shape index (κ1) is 20.7. The number of aliphatic hydroxyl groups is 1. The van der Waals surface area contributed by atoms with Crippen LogP contribution in [0.2, 0.25) is 0 Å². The number of aliphatic hydroxyl groups excluding tert-OH is 1. The fraction of sp³-hybridized carbons (Fsp3) is 0.588. The van der Waals surface area contributed by atoms with Crippen molar-refractivity contribution in [3.8, 4) is 0 Å². The van der Waals surface area contributed by atoms with E-state index in [2.05, 4.69) is 5.32 Å². The number of ether oxygens (including phenoxy) is 1. The molecule has 0 aliphatic carbocycles. The van der Waals surface area contributed by atoms with Crippen LogP contribution in [0.5, 0.6) is 0 Å². The minimum absolute atomic E-state index is 0.175. The molecule has 0 fully saturated rings. The lowest BCUT2D eigenvalue weighted by Crippen LogP contribution is -2.43. The number of nitrogens with one attached hydrogen (secondary N) is 1. The maximum atomic E-state index is 11.7. The first-order valence-electron chi connectivity index (χ1n) is 8.14. The van der Waals surface area contributed by atoms with Gasteiger partial charge in [0.25, 0.3) is 0 Å². The van der Waals surface area contributed by atoms with E-state index >= 15 is 0 Å². The molecule has 0 unspecified atom stereocenters. The molecular formula is C17H26N2O6. The second-order valence-corrected chi connectivity index (χ2v) is 6.71. The van der Waals surface area contributed by atoms with Crippen LogP contribution >= 0.6 is 0 Å². The predicted octanol–water partition coefficient (Wildman–Crippen LogP) is 1.94. The van der Waals surface area contributed by atoms with Crippen molar-refractivity contribution in [2.75, 3.05) is 0 Å². The molecule has 0 bridgehead atoms. The van der Waals surface area contributed by atoms with Gasteiger partial charge in [0.15, 0.2) is 6.29 Å². The summed E-state index contributed by atoms with van der Waals surface area (Å²) >= 11 is 0. The molecule has 1 amide bonds. The van der Waals surface area contributed by atoms with Gasteiger partial charge in [-0.25, -0.2) is 9.59 Å². The lowest BCUT2D eigenvalue weighted by atomic mass is 10.1. The van der Waals surface area contributed by atoms with E-state index in [1.165, 1.54) is 0 Å². The molecule has 8 nitrogen and oxygen atoms in total. The third kappa shape index (κ3) is 6.96. The minimum Gasteiger partial charge on any atom is -0.480 e. The Morgan fingerprint density at radius 1 is 1.32 bits per heavy atom. The SMILES string of the molecule is CC(C)(C)OC(=O)N[C@@H](CCCCn1c(C=O)ccc1CO)C(=O)O. The standard InChI is InChI=1S/C17H26N2O6/c1-17(2,3)25-16(24)18-14(15(22)23)6-4-5-9-19-12(10-20)7-8-13(19)11-21/h7-8,10,14,21H,4-6,9,11H2,1-3H3,(H,18,24)(H,22,23)/t14-/m0/s1. The van der Waals surface area contributed by atoms with Crippen molar-refractivity contribution in [3.05, 3.63) is 23.5 Å². The Hall–Kier alpha value is -2.35. The van der Waals surface area contributed by atoms with Gasteiger partial charge in [0, 0.05) is 12.2 Å². The van der Waals surface area contributed by atoms with Crippen LogP contribution in [-0.2, 0) is 22.7 Å². The summed E-state index contributed by atoms with van der Waals surface area (Å²) in [5, 5.41) is 20.8. The van der Waals surface area contributed by atoms with Gasteiger partial charge in [0.2, 0.25) is 0 Å². The van der Waals surface area contributed by atoms with Gasteiger partial charge in [0.05, 0.1) is 12.3 Å². The van der Waals surface area contributed by atoms with Crippen molar-refractivity contribution in [3.63, 3.8) is 0 Å². The van der Waals surface area contributed by atoms with E-state index in [0.717, 1.165) is 0 Å². The summed E-state index contributed by atoms with van der Waals surface area (Å²) in [6.07, 6.45) is 1.30. The highest BCUT2D eigenvalue weighted by Gasteiger charge is 2.23. The number of carboxylic acid groups (broad SMARTS) is 1. The number of alkyl carbamates (subject to hydrolysis) is 1. The van der Waals surface area contributed by atoms with Crippen molar-refractivity contribution in [1.29, 1.82) is 0 Å². The quantitative estimate of drug-likeness (QED) is 0.461. The first-order valence-corrected chi connectivity index (χ1v) is 8.14. The summed E-state index contributed by atoms with van der Waals surface area (Å²) in [5.74, 6) is -1.13. The number of carbonyl (C=O) groups is 3. The van der Waals surface area contributed by atoms with Crippen LogP contribution in [-0.4, -0.2) is 44.8 Å². The Labute approximate surface area is 146 Å². The van der Waals surface area contributed by atoms with Gasteiger partial charge in [-0.3, -0.25) is 4.79 Å². The molecule has 0 saturated carbocycles. The molecule has 1 heterocycles. The summed E-state index contributed by atoms with van der Waals surface area (Å²) in [5.41, 5.74) is 0.391. The highest BCUT2D eigenvalue weighted by molar-refractivity contribution is 5.79. The fourth-order valence-electron chi connectivity index (χ4n) is 2.37. The summed E-state index contributed by atoms with van der Waals surface area (Å²) in [7, 11) is 0. The van der Waals surface area contributed by atoms with E-state index in [0.29, 0.717) is 37.1 Å². The van der Waals surface area contributed by atoms with Crippen LogP contribution < -0.4 is 5.32 Å². The fourth-order valence-corrected chi connectivity index (χ4v) is 2.37. The van der Waals surface area contributed by atoms with Crippen LogP contribution in [0.4, 0.5) is 4.79 Å². The van der Waals surface area contributed by atoms with E-state index in [4.69, 9.17) is 4.74 Å². The summed E-state index contributed by atoms with van der Waals surface area (Å²) < 4.78 is 6.76. The van der Waals surface area contributed by atoms with Crippen LogP contribution in [0.3, 0.4) is 0 Å². The summed E-state index contributed by atoms with van der Waals surface area (Å²) in [6.45, 7) is 5.40.